The summed E-state index contributed by atoms with van der Waals surface area (Å²) in [4.78, 5) is 29.9. The van der Waals surface area contributed by atoms with E-state index in [1.54, 1.807) is 6.20 Å². The van der Waals surface area contributed by atoms with Gasteiger partial charge in [-0.25, -0.2) is 4.79 Å². The Bertz CT molecular complexity index is 942. The highest BCUT2D eigenvalue weighted by Gasteiger charge is 2.38. The Morgan fingerprint density at radius 3 is 2.50 bits per heavy atom. The number of nitrogens with zero attached hydrogens (tertiary/aromatic N) is 1. The number of carbonyl (C=O) groups excluding carboxylic acids is 2. The zero-order valence-electron chi connectivity index (χ0n) is 17.9. The van der Waals surface area contributed by atoms with Crippen molar-refractivity contribution >= 4 is 17.5 Å². The fourth-order valence-corrected chi connectivity index (χ4v) is 3.96. The summed E-state index contributed by atoms with van der Waals surface area (Å²) in [6.45, 7) is 6.32. The van der Waals surface area contributed by atoms with Gasteiger partial charge in [0.15, 0.2) is 5.78 Å². The molecule has 30 heavy (non-hydrogen) atoms. The molecule has 3 rings (SSSR count). The summed E-state index contributed by atoms with van der Waals surface area (Å²) in [5.74, 6) is -0.00873. The SMILES string of the molecule is COCCOC(=O)OC1=C(c2c(C)cc(C)cc2C)C(=O)C(Cc2ccccn2)C1. The molecule has 1 unspecified atom stereocenters. The van der Waals surface area contributed by atoms with Gasteiger partial charge in [-0.3, -0.25) is 9.78 Å². The number of methoxy groups -OCH3 is 1. The number of aromatic nitrogens is 1. The number of hydrogen-bond donors (Lipinski definition) is 0. The number of hydrogen-bond acceptors (Lipinski definition) is 6. The maximum Gasteiger partial charge on any atom is 0.513 e. The molecule has 1 atom stereocenters. The molecule has 0 fully saturated rings. The number of carbonyl (C=O) groups is 2. The minimum Gasteiger partial charge on any atom is -0.432 e. The van der Waals surface area contributed by atoms with E-state index in [2.05, 4.69) is 4.98 Å². The molecule has 0 aliphatic heterocycles. The average molecular weight is 409 g/mol. The highest BCUT2D eigenvalue weighted by atomic mass is 16.7. The minimum atomic E-state index is -0.826. The van der Waals surface area contributed by atoms with Gasteiger partial charge in [-0.15, -0.1) is 0 Å². The molecule has 6 nitrogen and oxygen atoms in total. The fourth-order valence-electron chi connectivity index (χ4n) is 3.96. The smallest absolute Gasteiger partial charge is 0.432 e. The standard InChI is InChI=1S/C24H27NO5/c1-15-11-16(2)21(17(3)12-15)22-20(30-24(27)29-10-9-28-4)14-18(23(22)26)13-19-7-5-6-8-25-19/h5-8,11-12,18H,9-10,13-14H2,1-4H3. The third-order valence-corrected chi connectivity index (χ3v) is 5.15. The Morgan fingerprint density at radius 2 is 1.87 bits per heavy atom. The summed E-state index contributed by atoms with van der Waals surface area (Å²) >= 11 is 0. The number of benzene rings is 1. The van der Waals surface area contributed by atoms with E-state index in [9.17, 15) is 9.59 Å². The molecule has 6 heteroatoms. The molecule has 1 heterocycles. The lowest BCUT2D eigenvalue weighted by molar-refractivity contribution is -0.116. The number of pyridine rings is 1. The van der Waals surface area contributed by atoms with Crippen LogP contribution in [0.15, 0.2) is 42.3 Å². The number of ether oxygens (including phenoxy) is 3. The van der Waals surface area contributed by atoms with Crippen molar-refractivity contribution in [3.8, 4) is 0 Å². The van der Waals surface area contributed by atoms with Crippen LogP contribution in [-0.4, -0.2) is 37.2 Å². The molecular weight excluding hydrogens is 382 g/mol. The highest BCUT2D eigenvalue weighted by molar-refractivity contribution is 6.25. The normalized spacial score (nSPS) is 16.1. The first-order chi connectivity index (χ1) is 14.4. The van der Waals surface area contributed by atoms with Crippen molar-refractivity contribution in [3.05, 3.63) is 70.2 Å². The van der Waals surface area contributed by atoms with Crippen LogP contribution in [0, 0.1) is 26.7 Å². The van der Waals surface area contributed by atoms with Crippen molar-refractivity contribution in [2.24, 2.45) is 5.92 Å². The van der Waals surface area contributed by atoms with E-state index in [0.29, 0.717) is 24.2 Å². The van der Waals surface area contributed by atoms with E-state index in [4.69, 9.17) is 14.2 Å². The van der Waals surface area contributed by atoms with Gasteiger partial charge in [-0.1, -0.05) is 23.8 Å². The van der Waals surface area contributed by atoms with Crippen LogP contribution in [0.5, 0.6) is 0 Å². The van der Waals surface area contributed by atoms with Crippen molar-refractivity contribution < 1.29 is 23.8 Å². The summed E-state index contributed by atoms with van der Waals surface area (Å²) in [6.07, 6.45) is 1.70. The Morgan fingerprint density at radius 1 is 1.13 bits per heavy atom. The fraction of sp³-hybridized carbons (Fsp3) is 0.375. The van der Waals surface area contributed by atoms with Crippen LogP contribution in [0.2, 0.25) is 0 Å². The Labute approximate surface area is 176 Å². The minimum absolute atomic E-state index is 0.0320. The molecule has 1 aromatic heterocycles. The lowest BCUT2D eigenvalue weighted by atomic mass is 9.90. The molecule has 0 N–H and O–H groups in total. The lowest BCUT2D eigenvalue weighted by Crippen LogP contribution is -2.14. The highest BCUT2D eigenvalue weighted by Crippen LogP contribution is 2.40. The maximum absolute atomic E-state index is 13.4. The summed E-state index contributed by atoms with van der Waals surface area (Å²) < 4.78 is 15.5. The van der Waals surface area contributed by atoms with E-state index >= 15 is 0 Å². The first-order valence-corrected chi connectivity index (χ1v) is 9.99. The number of aryl methyl sites for hydroxylation is 3. The molecule has 1 aliphatic rings. The number of Topliss-reactive ketones (excluding diaryl/α,β-unsaturated/α-hetero) is 1. The van der Waals surface area contributed by atoms with Crippen LogP contribution >= 0.6 is 0 Å². The maximum atomic E-state index is 13.4. The molecule has 0 bridgehead atoms. The Balaban J connectivity index is 1.93. The zero-order valence-corrected chi connectivity index (χ0v) is 17.9. The predicted octanol–water partition coefficient (Wildman–Crippen LogP) is 4.35. The number of ketones is 1. The second kappa shape index (κ2) is 9.67. The van der Waals surface area contributed by atoms with Crippen LogP contribution in [0.25, 0.3) is 5.57 Å². The van der Waals surface area contributed by atoms with Gasteiger partial charge in [0.2, 0.25) is 0 Å². The van der Waals surface area contributed by atoms with Crippen molar-refractivity contribution in [1.29, 1.82) is 0 Å². The van der Waals surface area contributed by atoms with Gasteiger partial charge in [-0.05, 0) is 49.6 Å². The Kier molecular flexibility index (Phi) is 7.00. The summed E-state index contributed by atoms with van der Waals surface area (Å²) in [5, 5.41) is 0. The average Bonchev–Trinajstić information content (AvgIpc) is 2.97. The van der Waals surface area contributed by atoms with Gasteiger partial charge >= 0.3 is 6.16 Å². The van der Waals surface area contributed by atoms with Crippen molar-refractivity contribution in [3.63, 3.8) is 0 Å². The van der Waals surface area contributed by atoms with Crippen molar-refractivity contribution in [2.45, 2.75) is 33.6 Å². The predicted molar refractivity (Wildman–Crippen MR) is 113 cm³/mol. The summed E-state index contributed by atoms with van der Waals surface area (Å²) in [5.41, 5.74) is 5.19. The number of allylic oxidation sites excluding steroid dienone is 2. The van der Waals surface area contributed by atoms with Gasteiger partial charge < -0.3 is 14.2 Å². The zero-order chi connectivity index (χ0) is 21.7. The molecule has 0 saturated carbocycles. The molecule has 0 spiro atoms. The molecular formula is C24H27NO5. The molecule has 0 amide bonds. The molecule has 0 saturated heterocycles. The monoisotopic (exact) mass is 409 g/mol. The van der Waals surface area contributed by atoms with Gasteiger partial charge in [-0.2, -0.15) is 0 Å². The van der Waals surface area contributed by atoms with Gasteiger partial charge in [0.05, 0.1) is 12.2 Å². The van der Waals surface area contributed by atoms with Gasteiger partial charge in [0.1, 0.15) is 12.4 Å². The van der Waals surface area contributed by atoms with E-state index in [1.807, 2.05) is 51.1 Å². The van der Waals surface area contributed by atoms with E-state index in [-0.39, 0.29) is 24.9 Å². The Hall–Kier alpha value is -2.99. The molecule has 2 aromatic rings. The first kappa shape index (κ1) is 21.7. The number of rotatable bonds is 7. The lowest BCUT2D eigenvalue weighted by Gasteiger charge is -2.14. The van der Waals surface area contributed by atoms with E-state index in [1.165, 1.54) is 7.11 Å². The molecule has 1 aliphatic carbocycles. The molecule has 158 valence electrons. The van der Waals surface area contributed by atoms with Gasteiger partial charge in [0.25, 0.3) is 0 Å². The van der Waals surface area contributed by atoms with Gasteiger partial charge in [0, 0.05) is 37.8 Å². The van der Waals surface area contributed by atoms with E-state index in [0.717, 1.165) is 27.9 Å². The van der Waals surface area contributed by atoms with Crippen LogP contribution in [-0.2, 0) is 25.4 Å². The second-order valence-electron chi connectivity index (χ2n) is 7.56. The van der Waals surface area contributed by atoms with Crippen LogP contribution in [0.4, 0.5) is 4.79 Å². The van der Waals surface area contributed by atoms with Crippen molar-refractivity contribution in [2.75, 3.05) is 20.3 Å². The topological polar surface area (TPSA) is 74.7 Å². The first-order valence-electron chi connectivity index (χ1n) is 9.99. The molecule has 0 radical (unpaired) electrons. The second-order valence-corrected chi connectivity index (χ2v) is 7.56. The van der Waals surface area contributed by atoms with Crippen LogP contribution in [0.1, 0.15) is 34.4 Å². The third-order valence-electron chi connectivity index (χ3n) is 5.15. The van der Waals surface area contributed by atoms with E-state index < -0.39 is 6.16 Å². The summed E-state index contributed by atoms with van der Waals surface area (Å²) in [6, 6.07) is 9.70. The van der Waals surface area contributed by atoms with Crippen molar-refractivity contribution in [1.82, 2.24) is 4.98 Å². The molecule has 1 aromatic carbocycles. The quantitative estimate of drug-likeness (QED) is 0.500. The summed E-state index contributed by atoms with van der Waals surface area (Å²) in [7, 11) is 1.52. The van der Waals surface area contributed by atoms with Crippen LogP contribution < -0.4 is 0 Å². The van der Waals surface area contributed by atoms with Crippen LogP contribution in [0.3, 0.4) is 0 Å². The largest absolute Gasteiger partial charge is 0.513 e. The third kappa shape index (κ3) is 4.94.